The number of amides is 3. The second-order valence-electron chi connectivity index (χ2n) is 8.18. The van der Waals surface area contributed by atoms with Crippen molar-refractivity contribution in [1.29, 1.82) is 0 Å². The molecule has 1 aromatic heterocycles. The quantitative estimate of drug-likeness (QED) is 0.395. The van der Waals surface area contributed by atoms with Crippen molar-refractivity contribution in [2.24, 2.45) is 5.73 Å². The molecule has 3 amide bonds. The summed E-state index contributed by atoms with van der Waals surface area (Å²) >= 11 is 12.3. The van der Waals surface area contributed by atoms with Crippen LogP contribution < -0.4 is 11.1 Å². The van der Waals surface area contributed by atoms with E-state index in [0.29, 0.717) is 0 Å². The molecule has 2 aromatic carbocycles. The van der Waals surface area contributed by atoms with E-state index < -0.39 is 23.6 Å². The fourth-order valence-electron chi connectivity index (χ4n) is 3.38. The van der Waals surface area contributed by atoms with E-state index in [0.717, 1.165) is 18.2 Å². The van der Waals surface area contributed by atoms with E-state index in [2.05, 4.69) is 10.3 Å². The number of hydrogen-bond donors (Lipinski definition) is 2. The van der Waals surface area contributed by atoms with Gasteiger partial charge in [0.15, 0.2) is 0 Å². The summed E-state index contributed by atoms with van der Waals surface area (Å²) in [5, 5.41) is 2.65. The molecule has 0 unspecified atom stereocenters. The average molecular weight is 569 g/mol. The Bertz CT molecular complexity index is 1400. The van der Waals surface area contributed by atoms with Gasteiger partial charge >= 0.3 is 6.18 Å². The highest BCUT2D eigenvalue weighted by Crippen LogP contribution is 2.36. The molecule has 3 rings (SSSR count). The number of nitrogens with one attached hydrogen (secondary N) is 1. The maximum absolute atomic E-state index is 13.5. The number of carbonyl (C=O) groups is 3. The van der Waals surface area contributed by atoms with Gasteiger partial charge in [0.05, 0.1) is 34.1 Å². The van der Waals surface area contributed by atoms with E-state index in [1.807, 2.05) is 0 Å². The maximum atomic E-state index is 13.5. The molecule has 0 saturated heterocycles. The molecule has 0 aliphatic rings. The molecule has 13 heteroatoms. The van der Waals surface area contributed by atoms with Crippen molar-refractivity contribution in [2.45, 2.75) is 12.8 Å². The minimum absolute atomic E-state index is 0.0184. The Balaban J connectivity index is 2.07. The van der Waals surface area contributed by atoms with Gasteiger partial charge in [0.1, 0.15) is 6.61 Å². The summed E-state index contributed by atoms with van der Waals surface area (Å²) in [7, 11) is 3.08. The van der Waals surface area contributed by atoms with Gasteiger partial charge in [0, 0.05) is 42.0 Å². The third kappa shape index (κ3) is 6.80. The number of carbonyl (C=O) groups excluding carboxylic acids is 3. The molecule has 1 heterocycles. The van der Waals surface area contributed by atoms with E-state index in [9.17, 15) is 27.6 Å². The monoisotopic (exact) mass is 568 g/mol. The van der Waals surface area contributed by atoms with E-state index in [1.165, 1.54) is 49.5 Å². The zero-order valence-electron chi connectivity index (χ0n) is 20.0. The molecule has 0 bridgehead atoms. The molecule has 0 spiro atoms. The lowest BCUT2D eigenvalue weighted by molar-refractivity contribution is -0.137. The van der Waals surface area contributed by atoms with Gasteiger partial charge < -0.3 is 20.7 Å². The Kier molecular flexibility index (Phi) is 8.97. The van der Waals surface area contributed by atoms with Gasteiger partial charge in [-0.3, -0.25) is 19.4 Å². The molecule has 0 radical (unpaired) electrons. The van der Waals surface area contributed by atoms with Gasteiger partial charge in [-0.15, -0.1) is 0 Å². The number of nitrogens with zero attached hydrogens (tertiary/aromatic N) is 2. The van der Waals surface area contributed by atoms with Crippen LogP contribution in [0.3, 0.4) is 0 Å². The first-order valence-corrected chi connectivity index (χ1v) is 11.6. The third-order valence-corrected chi connectivity index (χ3v) is 5.80. The summed E-state index contributed by atoms with van der Waals surface area (Å²) in [6, 6.07) is 7.99. The van der Waals surface area contributed by atoms with Crippen molar-refractivity contribution in [1.82, 2.24) is 9.88 Å². The predicted molar refractivity (Wildman–Crippen MR) is 136 cm³/mol. The number of hydrogen-bond acceptors (Lipinski definition) is 5. The fraction of sp³-hybridized carbons (Fsp3) is 0.200. The highest BCUT2D eigenvalue weighted by molar-refractivity contribution is 6.33. The number of primary amides is 1. The van der Waals surface area contributed by atoms with E-state index in [1.54, 1.807) is 0 Å². The molecule has 3 N–H and O–H groups in total. The zero-order valence-corrected chi connectivity index (χ0v) is 21.5. The van der Waals surface area contributed by atoms with Gasteiger partial charge in [0.25, 0.3) is 11.8 Å². The SMILES string of the molecule is CN(C)C(=O)COCc1cc(Cl)cc(C(N)=O)c1NC(=O)c1ccc(C(F)(F)F)cc1-c1ncccc1Cl. The smallest absolute Gasteiger partial charge is 0.367 e. The first kappa shape index (κ1) is 28.9. The zero-order chi connectivity index (χ0) is 28.2. The van der Waals surface area contributed by atoms with E-state index in [4.69, 9.17) is 33.7 Å². The molecule has 38 heavy (non-hydrogen) atoms. The molecule has 200 valence electrons. The van der Waals surface area contributed by atoms with Crippen LogP contribution >= 0.6 is 23.2 Å². The van der Waals surface area contributed by atoms with Crippen molar-refractivity contribution in [3.8, 4) is 11.3 Å². The molecular formula is C25H21Cl2F3N4O4. The van der Waals surface area contributed by atoms with Crippen LogP contribution in [0.5, 0.6) is 0 Å². The molecule has 0 aliphatic heterocycles. The van der Waals surface area contributed by atoms with Crippen LogP contribution in [-0.2, 0) is 22.3 Å². The number of anilines is 1. The number of halogens is 5. The second kappa shape index (κ2) is 11.8. The Morgan fingerprint density at radius 3 is 2.39 bits per heavy atom. The number of aromatic nitrogens is 1. The van der Waals surface area contributed by atoms with E-state index in [-0.39, 0.29) is 62.8 Å². The summed E-state index contributed by atoms with van der Waals surface area (Å²) in [5.74, 6) is -2.16. The van der Waals surface area contributed by atoms with Crippen LogP contribution in [0.25, 0.3) is 11.3 Å². The highest BCUT2D eigenvalue weighted by Gasteiger charge is 2.32. The first-order chi connectivity index (χ1) is 17.8. The number of alkyl halides is 3. The summed E-state index contributed by atoms with van der Waals surface area (Å²) < 4.78 is 45.8. The second-order valence-corrected chi connectivity index (χ2v) is 9.02. The van der Waals surface area contributed by atoms with E-state index >= 15 is 0 Å². The number of ether oxygens (including phenoxy) is 1. The lowest BCUT2D eigenvalue weighted by Gasteiger charge is -2.18. The number of nitrogens with two attached hydrogens (primary N) is 1. The van der Waals surface area contributed by atoms with Crippen LogP contribution in [0.1, 0.15) is 31.8 Å². The summed E-state index contributed by atoms with van der Waals surface area (Å²) in [6.07, 6.45) is -3.38. The van der Waals surface area contributed by atoms with Gasteiger partial charge in [-0.05, 0) is 42.5 Å². The molecular weight excluding hydrogens is 548 g/mol. The Labute approximate surface area is 225 Å². The summed E-state index contributed by atoms with van der Waals surface area (Å²) in [5.41, 5.74) is 3.97. The first-order valence-electron chi connectivity index (χ1n) is 10.8. The topological polar surface area (TPSA) is 115 Å². The average Bonchev–Trinajstić information content (AvgIpc) is 2.84. The van der Waals surface area contributed by atoms with Crippen molar-refractivity contribution in [3.63, 3.8) is 0 Å². The van der Waals surface area contributed by atoms with Crippen LogP contribution in [0.2, 0.25) is 10.0 Å². The molecule has 0 atom stereocenters. The number of benzene rings is 2. The number of likely N-dealkylation sites (N-methyl/N-ethyl adjacent to an activating group) is 1. The molecule has 0 fully saturated rings. The van der Waals surface area contributed by atoms with Gasteiger partial charge in [-0.2, -0.15) is 13.2 Å². The molecule has 0 saturated carbocycles. The minimum atomic E-state index is -4.70. The van der Waals surface area contributed by atoms with Gasteiger partial charge in [-0.25, -0.2) is 0 Å². The Morgan fingerprint density at radius 1 is 1.08 bits per heavy atom. The predicted octanol–water partition coefficient (Wildman–Crippen LogP) is 5.03. The van der Waals surface area contributed by atoms with Crippen molar-refractivity contribution in [2.75, 3.05) is 26.0 Å². The Hall–Kier alpha value is -3.67. The maximum Gasteiger partial charge on any atom is 0.416 e. The highest BCUT2D eigenvalue weighted by atomic mass is 35.5. The van der Waals surface area contributed by atoms with Crippen LogP contribution in [0.15, 0.2) is 48.7 Å². The lowest BCUT2D eigenvalue weighted by Crippen LogP contribution is -2.26. The Morgan fingerprint density at radius 2 is 1.79 bits per heavy atom. The number of pyridine rings is 1. The van der Waals surface area contributed by atoms with Crippen LogP contribution in [0.4, 0.5) is 18.9 Å². The molecule has 8 nitrogen and oxygen atoms in total. The lowest BCUT2D eigenvalue weighted by atomic mass is 9.99. The van der Waals surface area contributed by atoms with Crippen molar-refractivity contribution in [3.05, 3.63) is 81.0 Å². The van der Waals surface area contributed by atoms with Gasteiger partial charge in [-0.1, -0.05) is 23.2 Å². The summed E-state index contributed by atoms with van der Waals surface area (Å²) in [6.45, 7) is -0.554. The molecule has 3 aromatic rings. The van der Waals surface area contributed by atoms with Gasteiger partial charge in [0.2, 0.25) is 5.91 Å². The number of rotatable bonds is 8. The fourth-order valence-corrected chi connectivity index (χ4v) is 3.84. The van der Waals surface area contributed by atoms with Crippen LogP contribution in [0, 0.1) is 0 Å². The molecule has 0 aliphatic carbocycles. The normalized spacial score (nSPS) is 11.2. The largest absolute Gasteiger partial charge is 0.416 e. The minimum Gasteiger partial charge on any atom is -0.367 e. The van der Waals surface area contributed by atoms with Crippen LogP contribution in [-0.4, -0.2) is 48.3 Å². The van der Waals surface area contributed by atoms with Crippen molar-refractivity contribution >= 4 is 46.6 Å². The van der Waals surface area contributed by atoms with Crippen molar-refractivity contribution < 1.29 is 32.3 Å². The third-order valence-electron chi connectivity index (χ3n) is 5.28. The standard InChI is InChI=1S/C25H21Cl2F3N4O4/c1-34(2)20(35)12-38-11-13-8-15(26)10-18(23(31)36)21(13)33-24(37)16-6-5-14(25(28,29)30)9-17(16)22-19(27)4-3-7-32-22/h3-10H,11-12H2,1-2H3,(H2,31,36)(H,33,37). The summed E-state index contributed by atoms with van der Waals surface area (Å²) in [4.78, 5) is 42.8.